The lowest BCUT2D eigenvalue weighted by atomic mass is 10.0. The van der Waals surface area contributed by atoms with Crippen molar-refractivity contribution in [3.8, 4) is 11.5 Å². The van der Waals surface area contributed by atoms with Gasteiger partial charge in [0.05, 0.1) is 14.2 Å². The molecule has 150 valence electrons. The van der Waals surface area contributed by atoms with Crippen LogP contribution in [0.2, 0.25) is 0 Å². The largest absolute Gasteiger partial charge is 0.493 e. The Morgan fingerprint density at radius 2 is 1.70 bits per heavy atom. The Balaban J connectivity index is 1.71. The highest BCUT2D eigenvalue weighted by Crippen LogP contribution is 2.32. The van der Waals surface area contributed by atoms with Gasteiger partial charge in [0.2, 0.25) is 0 Å². The predicted molar refractivity (Wildman–Crippen MR) is 118 cm³/mol. The van der Waals surface area contributed by atoms with Crippen LogP contribution in [0.15, 0.2) is 84.9 Å². The van der Waals surface area contributed by atoms with E-state index >= 15 is 0 Å². The molecule has 4 rings (SSSR count). The van der Waals surface area contributed by atoms with E-state index in [-0.39, 0.29) is 5.91 Å². The van der Waals surface area contributed by atoms with Gasteiger partial charge in [0, 0.05) is 29.9 Å². The number of nitrogens with zero attached hydrogens (tertiary/aromatic N) is 2. The molecule has 0 aliphatic carbocycles. The van der Waals surface area contributed by atoms with Crippen molar-refractivity contribution in [1.29, 1.82) is 0 Å². The van der Waals surface area contributed by atoms with Gasteiger partial charge in [-0.15, -0.1) is 0 Å². The minimum absolute atomic E-state index is 0.122. The number of ether oxygens (including phenoxy) is 2. The molecular formula is C25H22N2O3. The van der Waals surface area contributed by atoms with Gasteiger partial charge >= 0.3 is 0 Å². The number of hydrogen-bond acceptors (Lipinski definition) is 4. The van der Waals surface area contributed by atoms with Gasteiger partial charge < -0.3 is 9.47 Å². The molecule has 2 aliphatic heterocycles. The number of aromatic nitrogens is 1. The van der Waals surface area contributed by atoms with Crippen molar-refractivity contribution in [3.05, 3.63) is 102 Å². The Bertz CT molecular complexity index is 1150. The first-order valence-electron chi connectivity index (χ1n) is 9.57. The first kappa shape index (κ1) is 19.5. The summed E-state index contributed by atoms with van der Waals surface area (Å²) in [5, 5.41) is 0. The molecule has 0 saturated heterocycles. The van der Waals surface area contributed by atoms with Crippen LogP contribution in [0, 0.1) is 6.92 Å². The minimum Gasteiger partial charge on any atom is -0.493 e. The third kappa shape index (κ3) is 3.82. The van der Waals surface area contributed by atoms with Gasteiger partial charge in [-0.25, -0.2) is 0 Å². The molecule has 0 radical (unpaired) electrons. The molecular weight excluding hydrogens is 376 g/mol. The van der Waals surface area contributed by atoms with Crippen LogP contribution in [0.1, 0.15) is 16.8 Å². The Morgan fingerprint density at radius 1 is 0.900 bits per heavy atom. The van der Waals surface area contributed by atoms with Gasteiger partial charge in [-0.2, -0.15) is 0 Å². The first-order chi connectivity index (χ1) is 14.6. The van der Waals surface area contributed by atoms with E-state index in [0.29, 0.717) is 11.5 Å². The van der Waals surface area contributed by atoms with Crippen LogP contribution < -0.4 is 9.47 Å². The van der Waals surface area contributed by atoms with E-state index in [4.69, 9.17) is 9.47 Å². The van der Waals surface area contributed by atoms with Crippen molar-refractivity contribution in [2.24, 2.45) is 0 Å². The third-order valence-corrected chi connectivity index (χ3v) is 4.99. The Morgan fingerprint density at radius 3 is 2.47 bits per heavy atom. The Hall–Kier alpha value is -3.86. The number of hydrogen-bond donors (Lipinski definition) is 0. The molecule has 5 nitrogen and oxygen atoms in total. The molecule has 1 aromatic carbocycles. The standard InChI is InChI=1S/C25H22N2O3/c1-17-13-20(11-12-26-17)21-7-9-22-6-4-5-18(15-25(28)27(22)16-21)19-8-10-23(29-2)24(14-19)30-3/h4-16H,1-3H3/b5-4+,18-15+,22-6+. The van der Waals surface area contributed by atoms with Gasteiger partial charge in [-0.05, 0) is 65.6 Å². The van der Waals surface area contributed by atoms with Gasteiger partial charge in [0.1, 0.15) is 0 Å². The smallest absolute Gasteiger partial charge is 0.255 e. The lowest BCUT2D eigenvalue weighted by molar-refractivity contribution is -0.121. The normalized spacial score (nSPS) is 20.0. The van der Waals surface area contributed by atoms with Crippen molar-refractivity contribution in [2.45, 2.75) is 6.92 Å². The molecule has 2 aromatic rings. The monoisotopic (exact) mass is 398 g/mol. The molecule has 0 unspecified atom stereocenters. The number of fused-ring (bicyclic) bond motifs is 1. The number of carbonyl (C=O) groups excluding carboxylic acids is 1. The lowest BCUT2D eigenvalue weighted by Gasteiger charge is -2.24. The van der Waals surface area contributed by atoms with E-state index in [1.165, 1.54) is 0 Å². The molecule has 0 atom stereocenters. The van der Waals surface area contributed by atoms with E-state index in [1.807, 2.05) is 73.8 Å². The number of allylic oxidation sites excluding steroid dienone is 7. The molecule has 0 fully saturated rings. The number of rotatable bonds is 4. The van der Waals surface area contributed by atoms with Crippen molar-refractivity contribution < 1.29 is 14.3 Å². The molecule has 0 saturated carbocycles. The summed E-state index contributed by atoms with van der Waals surface area (Å²) in [5.41, 5.74) is 5.38. The number of methoxy groups -OCH3 is 2. The average molecular weight is 398 g/mol. The van der Waals surface area contributed by atoms with Crippen LogP contribution in [0.4, 0.5) is 0 Å². The second-order valence-corrected chi connectivity index (χ2v) is 6.93. The van der Waals surface area contributed by atoms with E-state index in [0.717, 1.165) is 33.7 Å². The number of pyridine rings is 1. The summed E-state index contributed by atoms with van der Waals surface area (Å²) in [4.78, 5) is 19.0. The fourth-order valence-electron chi connectivity index (χ4n) is 3.43. The maximum absolute atomic E-state index is 13.1. The van der Waals surface area contributed by atoms with Crippen LogP contribution >= 0.6 is 0 Å². The summed E-state index contributed by atoms with van der Waals surface area (Å²) in [6.07, 6.45) is 15.0. The summed E-state index contributed by atoms with van der Waals surface area (Å²) in [5.74, 6) is 1.14. The molecule has 0 bridgehead atoms. The summed E-state index contributed by atoms with van der Waals surface area (Å²) >= 11 is 0. The van der Waals surface area contributed by atoms with Crippen LogP contribution in [-0.2, 0) is 4.79 Å². The van der Waals surface area contributed by atoms with Gasteiger partial charge in [0.15, 0.2) is 11.5 Å². The Labute approximate surface area is 176 Å². The molecule has 0 spiro atoms. The van der Waals surface area contributed by atoms with Crippen molar-refractivity contribution >= 4 is 17.1 Å². The molecule has 1 aromatic heterocycles. The van der Waals surface area contributed by atoms with E-state index in [1.54, 1.807) is 31.4 Å². The maximum atomic E-state index is 13.1. The van der Waals surface area contributed by atoms with Crippen molar-refractivity contribution in [3.63, 3.8) is 0 Å². The predicted octanol–water partition coefficient (Wildman–Crippen LogP) is 4.68. The van der Waals surface area contributed by atoms with Crippen LogP contribution in [0.25, 0.3) is 11.1 Å². The number of aryl methyl sites for hydroxylation is 1. The molecule has 0 N–H and O–H groups in total. The molecule has 1 amide bonds. The second-order valence-electron chi connectivity index (χ2n) is 6.93. The summed E-state index contributed by atoms with van der Waals surface area (Å²) in [6, 6.07) is 9.56. The second kappa shape index (κ2) is 8.25. The maximum Gasteiger partial charge on any atom is 0.255 e. The van der Waals surface area contributed by atoms with Crippen molar-refractivity contribution in [1.82, 2.24) is 9.88 Å². The van der Waals surface area contributed by atoms with Gasteiger partial charge in [-0.3, -0.25) is 14.7 Å². The lowest BCUT2D eigenvalue weighted by Crippen LogP contribution is -2.25. The van der Waals surface area contributed by atoms with E-state index < -0.39 is 0 Å². The SMILES string of the molecule is COc1ccc(C2=C\C(=O)N3C=C(c4ccnc(C)c4)C=C\C3=C/C=C/2)cc1OC. The number of amides is 1. The number of carbonyl (C=O) groups is 1. The van der Waals surface area contributed by atoms with E-state index in [9.17, 15) is 4.79 Å². The molecule has 2 aliphatic rings. The molecule has 5 heteroatoms. The summed E-state index contributed by atoms with van der Waals surface area (Å²) in [6.45, 7) is 1.95. The van der Waals surface area contributed by atoms with Crippen LogP contribution in [-0.4, -0.2) is 30.0 Å². The highest BCUT2D eigenvalue weighted by atomic mass is 16.5. The fourth-order valence-corrected chi connectivity index (χ4v) is 3.43. The minimum atomic E-state index is -0.122. The summed E-state index contributed by atoms with van der Waals surface area (Å²) < 4.78 is 10.7. The first-order valence-corrected chi connectivity index (χ1v) is 9.57. The van der Waals surface area contributed by atoms with Gasteiger partial charge in [0.25, 0.3) is 5.91 Å². The Kier molecular flexibility index (Phi) is 5.35. The third-order valence-electron chi connectivity index (χ3n) is 4.99. The quantitative estimate of drug-likeness (QED) is 0.750. The molecule has 30 heavy (non-hydrogen) atoms. The van der Waals surface area contributed by atoms with Gasteiger partial charge in [-0.1, -0.05) is 24.3 Å². The highest BCUT2D eigenvalue weighted by Gasteiger charge is 2.19. The zero-order valence-electron chi connectivity index (χ0n) is 17.1. The van der Waals surface area contributed by atoms with Crippen molar-refractivity contribution in [2.75, 3.05) is 14.2 Å². The van der Waals surface area contributed by atoms with Crippen LogP contribution in [0.5, 0.6) is 11.5 Å². The zero-order valence-corrected chi connectivity index (χ0v) is 17.1. The highest BCUT2D eigenvalue weighted by molar-refractivity contribution is 6.01. The summed E-state index contributed by atoms with van der Waals surface area (Å²) in [7, 11) is 3.19. The fraction of sp³-hybridized carbons (Fsp3) is 0.120. The average Bonchev–Trinajstić information content (AvgIpc) is 2.76. The topological polar surface area (TPSA) is 51.7 Å². The molecule has 3 heterocycles. The van der Waals surface area contributed by atoms with Crippen LogP contribution in [0.3, 0.4) is 0 Å². The zero-order chi connectivity index (χ0) is 21.1. The van der Waals surface area contributed by atoms with E-state index in [2.05, 4.69) is 4.98 Å². The number of benzene rings is 1.